The zero-order valence-corrected chi connectivity index (χ0v) is 13.3. The summed E-state index contributed by atoms with van der Waals surface area (Å²) < 4.78 is 1.25. The van der Waals surface area contributed by atoms with Gasteiger partial charge in [-0.1, -0.05) is 31.9 Å². The largest absolute Gasteiger partial charge is 0.356 e. The summed E-state index contributed by atoms with van der Waals surface area (Å²) in [4.78, 5) is 16.8. The highest BCUT2D eigenvalue weighted by atomic mass is 32.1. The first-order valence-corrected chi connectivity index (χ1v) is 8.62. The van der Waals surface area contributed by atoms with Crippen molar-refractivity contribution in [2.24, 2.45) is 5.41 Å². The van der Waals surface area contributed by atoms with Crippen molar-refractivity contribution in [1.29, 1.82) is 0 Å². The average molecular weight is 302 g/mol. The van der Waals surface area contributed by atoms with Crippen LogP contribution in [0, 0.1) is 5.41 Å². The Morgan fingerprint density at radius 1 is 1.33 bits per heavy atom. The van der Waals surface area contributed by atoms with E-state index in [0.29, 0.717) is 0 Å². The van der Waals surface area contributed by atoms with E-state index in [1.54, 1.807) is 11.3 Å². The van der Waals surface area contributed by atoms with Gasteiger partial charge in [-0.15, -0.1) is 11.3 Å². The normalized spacial score (nSPS) is 17.2. The van der Waals surface area contributed by atoms with Crippen LogP contribution < -0.4 is 5.32 Å². The van der Waals surface area contributed by atoms with E-state index in [-0.39, 0.29) is 11.3 Å². The molecule has 1 aliphatic carbocycles. The summed E-state index contributed by atoms with van der Waals surface area (Å²) in [6.45, 7) is 2.85. The second-order valence-corrected chi connectivity index (χ2v) is 7.32. The molecule has 21 heavy (non-hydrogen) atoms. The maximum Gasteiger partial charge on any atom is 0.225 e. The lowest BCUT2D eigenvalue weighted by molar-refractivity contribution is -0.129. The van der Waals surface area contributed by atoms with Gasteiger partial charge in [0.15, 0.2) is 0 Å². The van der Waals surface area contributed by atoms with E-state index in [0.717, 1.165) is 42.8 Å². The molecule has 0 unspecified atom stereocenters. The number of aromatic nitrogens is 1. The standard InChI is InChI=1S/C17H22N2OS/c1-17(10-4-5-11-17)16(20)18-12-6-9-15-19-13-7-2-3-8-14(13)21-15/h2-3,7-8H,4-6,9-12H2,1H3,(H,18,20). The van der Waals surface area contributed by atoms with E-state index < -0.39 is 0 Å². The summed E-state index contributed by atoms with van der Waals surface area (Å²) >= 11 is 1.76. The van der Waals surface area contributed by atoms with Gasteiger partial charge in [0, 0.05) is 18.4 Å². The molecule has 2 aromatic rings. The topological polar surface area (TPSA) is 42.0 Å². The molecular weight excluding hydrogens is 280 g/mol. The number of rotatable bonds is 5. The van der Waals surface area contributed by atoms with Crippen molar-refractivity contribution < 1.29 is 4.79 Å². The fourth-order valence-electron chi connectivity index (χ4n) is 3.06. The Morgan fingerprint density at radius 2 is 2.10 bits per heavy atom. The van der Waals surface area contributed by atoms with Gasteiger partial charge in [-0.05, 0) is 31.4 Å². The molecule has 112 valence electrons. The minimum Gasteiger partial charge on any atom is -0.356 e. The van der Waals surface area contributed by atoms with Crippen molar-refractivity contribution in [2.45, 2.75) is 45.4 Å². The van der Waals surface area contributed by atoms with Crippen LogP contribution in [0.25, 0.3) is 10.2 Å². The minimum atomic E-state index is -0.115. The van der Waals surface area contributed by atoms with Crippen molar-refractivity contribution in [1.82, 2.24) is 10.3 Å². The van der Waals surface area contributed by atoms with Crippen molar-refractivity contribution in [2.75, 3.05) is 6.54 Å². The number of para-hydroxylation sites is 1. The van der Waals surface area contributed by atoms with Gasteiger partial charge in [0.2, 0.25) is 5.91 Å². The molecule has 1 saturated carbocycles. The first-order chi connectivity index (χ1) is 10.2. The lowest BCUT2D eigenvalue weighted by Crippen LogP contribution is -2.37. The summed E-state index contributed by atoms with van der Waals surface area (Å²) in [6.07, 6.45) is 6.36. The Labute approximate surface area is 129 Å². The molecular formula is C17H22N2OS. The number of nitrogens with one attached hydrogen (secondary N) is 1. The third kappa shape index (κ3) is 3.26. The third-order valence-electron chi connectivity index (χ3n) is 4.45. The van der Waals surface area contributed by atoms with Crippen LogP contribution in [0.15, 0.2) is 24.3 Å². The Kier molecular flexibility index (Phi) is 4.24. The summed E-state index contributed by atoms with van der Waals surface area (Å²) in [5, 5.41) is 4.27. The van der Waals surface area contributed by atoms with E-state index in [2.05, 4.69) is 29.4 Å². The van der Waals surface area contributed by atoms with Gasteiger partial charge in [0.05, 0.1) is 15.2 Å². The number of nitrogens with zero attached hydrogens (tertiary/aromatic N) is 1. The lowest BCUT2D eigenvalue weighted by atomic mass is 9.88. The molecule has 0 aliphatic heterocycles. The summed E-state index contributed by atoms with van der Waals surface area (Å²) in [7, 11) is 0. The van der Waals surface area contributed by atoms with Crippen LogP contribution in [0.4, 0.5) is 0 Å². The van der Waals surface area contributed by atoms with Crippen molar-refractivity contribution in [3.63, 3.8) is 0 Å². The maximum absolute atomic E-state index is 12.2. The van der Waals surface area contributed by atoms with Gasteiger partial charge in [-0.3, -0.25) is 4.79 Å². The van der Waals surface area contributed by atoms with Crippen molar-refractivity contribution >= 4 is 27.5 Å². The molecule has 1 fully saturated rings. The van der Waals surface area contributed by atoms with E-state index in [9.17, 15) is 4.79 Å². The Morgan fingerprint density at radius 3 is 2.86 bits per heavy atom. The Bertz CT molecular complexity index is 596. The number of hydrogen-bond donors (Lipinski definition) is 1. The van der Waals surface area contributed by atoms with Gasteiger partial charge in [0.25, 0.3) is 0 Å². The molecule has 1 aromatic carbocycles. The summed E-state index contributed by atoms with van der Waals surface area (Å²) in [5.41, 5.74) is 0.968. The summed E-state index contributed by atoms with van der Waals surface area (Å²) in [6, 6.07) is 8.23. The molecule has 4 heteroatoms. The Balaban J connectivity index is 1.47. The zero-order valence-electron chi connectivity index (χ0n) is 12.5. The molecule has 1 aliphatic rings. The third-order valence-corrected chi connectivity index (χ3v) is 5.54. The second kappa shape index (κ2) is 6.14. The molecule has 0 radical (unpaired) electrons. The predicted octanol–water partition coefficient (Wildman–Crippen LogP) is 3.93. The van der Waals surface area contributed by atoms with E-state index in [4.69, 9.17) is 0 Å². The lowest BCUT2D eigenvalue weighted by Gasteiger charge is -2.22. The van der Waals surface area contributed by atoms with Gasteiger partial charge >= 0.3 is 0 Å². The van der Waals surface area contributed by atoms with Crippen molar-refractivity contribution in [3.8, 4) is 0 Å². The van der Waals surface area contributed by atoms with Gasteiger partial charge < -0.3 is 5.32 Å². The van der Waals surface area contributed by atoms with Gasteiger partial charge in [0.1, 0.15) is 0 Å². The number of fused-ring (bicyclic) bond motifs is 1. The highest BCUT2D eigenvalue weighted by Gasteiger charge is 2.35. The molecule has 0 saturated heterocycles. The maximum atomic E-state index is 12.2. The minimum absolute atomic E-state index is 0.115. The number of aryl methyl sites for hydroxylation is 1. The van der Waals surface area contributed by atoms with Crippen LogP contribution in [0.2, 0.25) is 0 Å². The number of thiazole rings is 1. The molecule has 1 amide bonds. The molecule has 3 nitrogen and oxygen atoms in total. The SMILES string of the molecule is CC1(C(=O)NCCCc2nc3ccccc3s2)CCCC1. The molecule has 0 spiro atoms. The monoisotopic (exact) mass is 302 g/mol. The first-order valence-electron chi connectivity index (χ1n) is 7.80. The quantitative estimate of drug-likeness (QED) is 0.850. The predicted molar refractivity (Wildman–Crippen MR) is 87.5 cm³/mol. The molecule has 0 bridgehead atoms. The first kappa shape index (κ1) is 14.5. The molecule has 1 aromatic heterocycles. The van der Waals surface area contributed by atoms with Crippen LogP contribution in [0.5, 0.6) is 0 Å². The molecule has 0 atom stereocenters. The highest BCUT2D eigenvalue weighted by Crippen LogP contribution is 2.37. The molecule has 1 N–H and O–H groups in total. The van der Waals surface area contributed by atoms with Crippen LogP contribution in [0.1, 0.15) is 44.0 Å². The Hall–Kier alpha value is -1.42. The highest BCUT2D eigenvalue weighted by molar-refractivity contribution is 7.18. The van der Waals surface area contributed by atoms with Crippen molar-refractivity contribution in [3.05, 3.63) is 29.3 Å². The average Bonchev–Trinajstić information content (AvgIpc) is 3.10. The van der Waals surface area contributed by atoms with Crippen LogP contribution in [0.3, 0.4) is 0 Å². The number of carbonyl (C=O) groups excluding carboxylic acids is 1. The van der Waals surface area contributed by atoms with Crippen LogP contribution >= 0.6 is 11.3 Å². The van der Waals surface area contributed by atoms with E-state index in [1.165, 1.54) is 17.5 Å². The number of hydrogen-bond acceptors (Lipinski definition) is 3. The van der Waals surface area contributed by atoms with Crippen LogP contribution in [-0.4, -0.2) is 17.4 Å². The van der Waals surface area contributed by atoms with Gasteiger partial charge in [-0.2, -0.15) is 0 Å². The van der Waals surface area contributed by atoms with E-state index in [1.807, 2.05) is 12.1 Å². The molecule has 3 rings (SSSR count). The smallest absolute Gasteiger partial charge is 0.225 e. The van der Waals surface area contributed by atoms with E-state index >= 15 is 0 Å². The fraction of sp³-hybridized carbons (Fsp3) is 0.529. The zero-order chi connectivity index (χ0) is 14.7. The second-order valence-electron chi connectivity index (χ2n) is 6.20. The van der Waals surface area contributed by atoms with Gasteiger partial charge in [-0.25, -0.2) is 4.98 Å². The summed E-state index contributed by atoms with van der Waals surface area (Å²) in [5.74, 6) is 0.240. The fourth-order valence-corrected chi connectivity index (χ4v) is 4.07. The number of carbonyl (C=O) groups is 1. The number of amides is 1. The van der Waals surface area contributed by atoms with Crippen LogP contribution in [-0.2, 0) is 11.2 Å². The molecule has 1 heterocycles. The number of benzene rings is 1.